The van der Waals surface area contributed by atoms with Gasteiger partial charge in [0.1, 0.15) is 0 Å². The summed E-state index contributed by atoms with van der Waals surface area (Å²) in [6.45, 7) is 15.4. The zero-order valence-electron chi connectivity index (χ0n) is 13.2. The van der Waals surface area contributed by atoms with Gasteiger partial charge in [-0.1, -0.05) is 20.8 Å². The molecule has 0 N–H and O–H groups in total. The van der Waals surface area contributed by atoms with E-state index in [0.29, 0.717) is 29.8 Å². The van der Waals surface area contributed by atoms with Crippen molar-refractivity contribution in [3.05, 3.63) is 0 Å². The molecule has 0 radical (unpaired) electrons. The minimum absolute atomic E-state index is 0.210. The third kappa shape index (κ3) is 2.74. The van der Waals surface area contributed by atoms with Crippen LogP contribution in [0.3, 0.4) is 0 Å². The molecule has 0 aliphatic carbocycles. The molecule has 0 bridgehead atoms. The third-order valence-electron chi connectivity index (χ3n) is 5.07. The maximum atomic E-state index is 11.3. The minimum atomic E-state index is -0.534. The van der Waals surface area contributed by atoms with E-state index in [0.717, 1.165) is 0 Å². The summed E-state index contributed by atoms with van der Waals surface area (Å²) < 4.78 is 5.54. The number of rotatable bonds is 2. The fourth-order valence-corrected chi connectivity index (χ4v) is 3.62. The number of carbonyl (C=O) groups is 1. The van der Waals surface area contributed by atoms with E-state index in [1.165, 1.54) is 7.85 Å². The van der Waals surface area contributed by atoms with Gasteiger partial charge in [-0.2, -0.15) is 0 Å². The Bertz CT molecular complexity index is 303. The molecule has 0 unspecified atom stereocenters. The molecular weight excluding hydrogens is 225 g/mol. The lowest BCUT2D eigenvalue weighted by Gasteiger charge is -2.55. The molecular formula is C14H28BNO2. The Balaban J connectivity index is 3.01. The highest BCUT2D eigenvalue weighted by Gasteiger charge is 2.46. The lowest BCUT2D eigenvalue weighted by Crippen LogP contribution is -2.63. The smallest absolute Gasteiger partial charge is 0.244 e. The topological polar surface area (TPSA) is 29.5 Å². The Hall–Kier alpha value is -0.505. The average Bonchev–Trinajstić information content (AvgIpc) is 2.21. The Morgan fingerprint density at radius 1 is 1.00 bits per heavy atom. The Morgan fingerprint density at radius 2 is 1.39 bits per heavy atom. The van der Waals surface area contributed by atoms with E-state index in [4.69, 9.17) is 4.74 Å². The van der Waals surface area contributed by atoms with Crippen molar-refractivity contribution in [2.45, 2.75) is 66.3 Å². The predicted molar refractivity (Wildman–Crippen MR) is 77.4 cm³/mol. The molecule has 1 rings (SSSR count). The van der Waals surface area contributed by atoms with E-state index in [9.17, 15) is 4.79 Å². The van der Waals surface area contributed by atoms with Crippen LogP contribution in [0.5, 0.6) is 0 Å². The van der Waals surface area contributed by atoms with Gasteiger partial charge in [0.2, 0.25) is 13.7 Å². The zero-order chi connectivity index (χ0) is 14.2. The summed E-state index contributed by atoms with van der Waals surface area (Å²) in [5, 5.41) is 0. The molecule has 104 valence electrons. The lowest BCUT2D eigenvalue weighted by molar-refractivity contribution is -0.162. The van der Waals surface area contributed by atoms with Gasteiger partial charge in [-0.15, -0.1) is 0 Å². The first kappa shape index (κ1) is 15.6. The van der Waals surface area contributed by atoms with Crippen LogP contribution in [0.2, 0.25) is 0 Å². The van der Waals surface area contributed by atoms with Gasteiger partial charge in [0.05, 0.1) is 0 Å². The second-order valence-electron chi connectivity index (χ2n) is 6.51. The van der Waals surface area contributed by atoms with Gasteiger partial charge in [-0.3, -0.25) is 9.69 Å². The number of nitrogens with zero attached hydrogens (tertiary/aromatic N) is 1. The Kier molecular flexibility index (Phi) is 4.53. The van der Waals surface area contributed by atoms with E-state index in [-0.39, 0.29) is 5.87 Å². The molecule has 18 heavy (non-hydrogen) atoms. The van der Waals surface area contributed by atoms with Crippen LogP contribution in [0, 0.1) is 17.8 Å². The number of hydrogen-bond donors (Lipinski definition) is 0. The van der Waals surface area contributed by atoms with E-state index in [1.54, 1.807) is 0 Å². The molecule has 0 saturated carbocycles. The quantitative estimate of drug-likeness (QED) is 0.708. The van der Waals surface area contributed by atoms with Crippen LogP contribution < -0.4 is 0 Å². The van der Waals surface area contributed by atoms with Crippen LogP contribution in [0.25, 0.3) is 0 Å². The van der Waals surface area contributed by atoms with Crippen molar-refractivity contribution in [3.8, 4) is 0 Å². The second kappa shape index (κ2) is 5.24. The maximum absolute atomic E-state index is 11.3. The fraction of sp³-hybridized carbons (Fsp3) is 0.929. The van der Waals surface area contributed by atoms with Gasteiger partial charge >= 0.3 is 0 Å². The normalized spacial score (nSPS) is 38.5. The lowest BCUT2D eigenvalue weighted by atomic mass is 9.72. The van der Waals surface area contributed by atoms with Crippen molar-refractivity contribution >= 4 is 13.7 Å². The van der Waals surface area contributed by atoms with E-state index < -0.39 is 5.72 Å². The van der Waals surface area contributed by atoms with E-state index in [1.807, 2.05) is 13.8 Å². The summed E-state index contributed by atoms with van der Waals surface area (Å²) in [5.74, 6) is 1.69. The van der Waals surface area contributed by atoms with Gasteiger partial charge in [0.25, 0.3) is 0 Å². The first-order valence-electron chi connectivity index (χ1n) is 7.07. The summed E-state index contributed by atoms with van der Waals surface area (Å²) in [6, 6.07) is 0.834. The third-order valence-corrected chi connectivity index (χ3v) is 5.07. The summed E-state index contributed by atoms with van der Waals surface area (Å²) in [4.78, 5) is 13.7. The number of piperidine rings is 1. The van der Waals surface area contributed by atoms with Crippen LogP contribution in [0.15, 0.2) is 0 Å². The number of ether oxygens (including phenoxy) is 1. The van der Waals surface area contributed by atoms with Crippen molar-refractivity contribution in [3.63, 3.8) is 0 Å². The van der Waals surface area contributed by atoms with E-state index in [2.05, 4.69) is 39.5 Å². The maximum Gasteiger partial charge on any atom is 0.244 e. The number of hydrogen-bond acceptors (Lipinski definition) is 3. The van der Waals surface area contributed by atoms with Gasteiger partial charge in [0.15, 0.2) is 5.72 Å². The highest BCUT2D eigenvalue weighted by atomic mass is 16.6. The molecule has 0 aromatic heterocycles. The second-order valence-corrected chi connectivity index (χ2v) is 6.51. The molecule has 0 aromatic rings. The molecule has 1 heterocycles. The molecule has 1 aliphatic heterocycles. The standard InChI is InChI=1S/C14H28BNO2/c1-8-9(2)11(4)16(12(5)10(8)3)14(6,7)18-13(15)17/h8-12H,15H2,1-7H3/t8-,9+,10-,11+,12-. The molecule has 4 heteroatoms. The predicted octanol–water partition coefficient (Wildman–Crippen LogP) is 2.49. The van der Waals surface area contributed by atoms with Crippen LogP contribution >= 0.6 is 0 Å². The number of carbonyl (C=O) groups excluding carboxylic acids is 1. The van der Waals surface area contributed by atoms with Crippen LogP contribution in [0.4, 0.5) is 4.79 Å². The van der Waals surface area contributed by atoms with Crippen molar-refractivity contribution < 1.29 is 9.53 Å². The van der Waals surface area contributed by atoms with Gasteiger partial charge < -0.3 is 4.74 Å². The summed E-state index contributed by atoms with van der Waals surface area (Å²) in [5.41, 5.74) is -0.534. The van der Waals surface area contributed by atoms with Gasteiger partial charge in [-0.05, 0) is 45.4 Å². The van der Waals surface area contributed by atoms with Crippen molar-refractivity contribution in [2.75, 3.05) is 0 Å². The van der Waals surface area contributed by atoms with Crippen LogP contribution in [-0.4, -0.2) is 36.4 Å². The number of likely N-dealkylation sites (tertiary alicyclic amines) is 1. The largest absolute Gasteiger partial charge is 0.453 e. The Labute approximate surface area is 113 Å². The molecule has 1 fully saturated rings. The SMILES string of the molecule is BC(=O)OC(C)(C)N1[C@H](C)[C@H](C)[C@H](C)[C@H](C)[C@@H]1C. The van der Waals surface area contributed by atoms with Crippen LogP contribution in [-0.2, 0) is 4.74 Å². The monoisotopic (exact) mass is 253 g/mol. The molecule has 0 aromatic carbocycles. The summed E-state index contributed by atoms with van der Waals surface area (Å²) in [7, 11) is 1.48. The van der Waals surface area contributed by atoms with Crippen molar-refractivity contribution in [2.24, 2.45) is 17.8 Å². The first-order valence-corrected chi connectivity index (χ1v) is 7.07. The summed E-state index contributed by atoms with van der Waals surface area (Å²) in [6.07, 6.45) is 0. The molecule has 0 amide bonds. The highest BCUT2D eigenvalue weighted by molar-refractivity contribution is 6.55. The summed E-state index contributed by atoms with van der Waals surface area (Å²) >= 11 is 0. The van der Waals surface area contributed by atoms with Gasteiger partial charge in [0, 0.05) is 12.1 Å². The molecule has 5 atom stereocenters. The molecule has 1 saturated heterocycles. The van der Waals surface area contributed by atoms with Gasteiger partial charge in [-0.25, -0.2) is 0 Å². The van der Waals surface area contributed by atoms with E-state index >= 15 is 0 Å². The average molecular weight is 253 g/mol. The molecule has 0 spiro atoms. The highest BCUT2D eigenvalue weighted by Crippen LogP contribution is 2.40. The van der Waals surface area contributed by atoms with Crippen LogP contribution in [0.1, 0.15) is 48.5 Å². The molecule has 3 nitrogen and oxygen atoms in total. The minimum Gasteiger partial charge on any atom is -0.453 e. The Morgan fingerprint density at radius 3 is 1.72 bits per heavy atom. The molecule has 1 aliphatic rings. The fourth-order valence-electron chi connectivity index (χ4n) is 3.62. The van der Waals surface area contributed by atoms with Crippen molar-refractivity contribution in [1.82, 2.24) is 4.90 Å². The first-order chi connectivity index (χ1) is 8.09. The van der Waals surface area contributed by atoms with Crippen molar-refractivity contribution in [1.29, 1.82) is 0 Å². The zero-order valence-corrected chi connectivity index (χ0v) is 13.2.